The molecule has 0 spiro atoms. The molecule has 0 saturated carbocycles. The standard InChI is InChI=1S/C15H18N2O/c1-11-4-2-3-5-15(11)18-9-12-6-7-13-14(8-12)17-10-16-13/h2-5,10,12H,6-9H2,1H3,(H,16,17). The molecule has 1 aromatic carbocycles. The predicted octanol–water partition coefficient (Wildman–Crippen LogP) is 2.90. The third kappa shape index (κ3) is 2.26. The molecule has 94 valence electrons. The van der Waals surface area contributed by atoms with Crippen molar-refractivity contribution >= 4 is 0 Å². The summed E-state index contributed by atoms with van der Waals surface area (Å²) >= 11 is 0. The van der Waals surface area contributed by atoms with Gasteiger partial charge in [-0.1, -0.05) is 18.2 Å². The molecule has 2 aromatic rings. The Kier molecular flexibility index (Phi) is 3.05. The van der Waals surface area contributed by atoms with E-state index in [1.807, 2.05) is 18.2 Å². The lowest BCUT2D eigenvalue weighted by molar-refractivity contribution is 0.231. The number of imidazole rings is 1. The van der Waals surface area contributed by atoms with Gasteiger partial charge in [0.15, 0.2) is 0 Å². The van der Waals surface area contributed by atoms with E-state index in [4.69, 9.17) is 4.74 Å². The van der Waals surface area contributed by atoms with E-state index in [2.05, 4.69) is 23.0 Å². The van der Waals surface area contributed by atoms with Crippen molar-refractivity contribution in [2.45, 2.75) is 26.2 Å². The zero-order valence-electron chi connectivity index (χ0n) is 10.6. The third-order valence-corrected chi connectivity index (χ3v) is 3.66. The lowest BCUT2D eigenvalue weighted by atomic mass is 9.90. The van der Waals surface area contributed by atoms with Crippen molar-refractivity contribution in [2.24, 2.45) is 5.92 Å². The number of aryl methyl sites for hydroxylation is 2. The van der Waals surface area contributed by atoms with Gasteiger partial charge in [0.05, 0.1) is 18.6 Å². The number of aromatic nitrogens is 2. The van der Waals surface area contributed by atoms with Gasteiger partial charge in [0.1, 0.15) is 5.75 Å². The number of benzene rings is 1. The van der Waals surface area contributed by atoms with E-state index >= 15 is 0 Å². The van der Waals surface area contributed by atoms with Gasteiger partial charge in [0.25, 0.3) is 0 Å². The van der Waals surface area contributed by atoms with Gasteiger partial charge in [0, 0.05) is 5.69 Å². The summed E-state index contributed by atoms with van der Waals surface area (Å²) in [6.45, 7) is 2.88. The number of nitrogens with one attached hydrogen (secondary N) is 1. The van der Waals surface area contributed by atoms with Crippen LogP contribution in [0.3, 0.4) is 0 Å². The van der Waals surface area contributed by atoms with Crippen molar-refractivity contribution in [2.75, 3.05) is 6.61 Å². The number of H-pyrrole nitrogens is 1. The molecule has 0 aliphatic heterocycles. The lowest BCUT2D eigenvalue weighted by Gasteiger charge is -2.22. The van der Waals surface area contributed by atoms with Crippen LogP contribution in [0.5, 0.6) is 5.75 Å². The van der Waals surface area contributed by atoms with Crippen LogP contribution in [0.1, 0.15) is 23.4 Å². The van der Waals surface area contributed by atoms with Crippen molar-refractivity contribution in [1.82, 2.24) is 9.97 Å². The molecule has 1 N–H and O–H groups in total. The van der Waals surface area contributed by atoms with Gasteiger partial charge < -0.3 is 9.72 Å². The second-order valence-electron chi connectivity index (χ2n) is 5.01. The molecule has 1 atom stereocenters. The third-order valence-electron chi connectivity index (χ3n) is 3.66. The molecular weight excluding hydrogens is 224 g/mol. The number of nitrogens with zero attached hydrogens (tertiary/aromatic N) is 1. The van der Waals surface area contributed by atoms with Crippen LogP contribution in [0.4, 0.5) is 0 Å². The van der Waals surface area contributed by atoms with Gasteiger partial charge in [0.2, 0.25) is 0 Å². The van der Waals surface area contributed by atoms with Crippen LogP contribution in [0.15, 0.2) is 30.6 Å². The molecule has 1 heterocycles. The summed E-state index contributed by atoms with van der Waals surface area (Å²) < 4.78 is 5.93. The van der Waals surface area contributed by atoms with Crippen molar-refractivity contribution in [3.63, 3.8) is 0 Å². The average Bonchev–Trinajstić information content (AvgIpc) is 2.85. The summed E-state index contributed by atoms with van der Waals surface area (Å²) in [5.41, 5.74) is 3.73. The van der Waals surface area contributed by atoms with E-state index in [0.29, 0.717) is 5.92 Å². The summed E-state index contributed by atoms with van der Waals surface area (Å²) in [5.74, 6) is 1.60. The van der Waals surface area contributed by atoms with E-state index in [1.54, 1.807) is 6.33 Å². The molecule has 1 aliphatic carbocycles. The number of rotatable bonds is 3. The highest BCUT2D eigenvalue weighted by molar-refractivity contribution is 5.31. The van der Waals surface area contributed by atoms with E-state index in [1.165, 1.54) is 23.4 Å². The number of aromatic amines is 1. The Morgan fingerprint density at radius 1 is 1.39 bits per heavy atom. The highest BCUT2D eigenvalue weighted by Gasteiger charge is 2.21. The minimum Gasteiger partial charge on any atom is -0.493 e. The zero-order chi connectivity index (χ0) is 12.4. The Morgan fingerprint density at radius 3 is 3.17 bits per heavy atom. The first kappa shape index (κ1) is 11.3. The maximum atomic E-state index is 5.93. The number of para-hydroxylation sites is 1. The highest BCUT2D eigenvalue weighted by atomic mass is 16.5. The monoisotopic (exact) mass is 242 g/mol. The normalized spacial score (nSPS) is 18.4. The summed E-state index contributed by atoms with van der Waals surface area (Å²) in [4.78, 5) is 7.56. The molecule has 0 bridgehead atoms. The van der Waals surface area contributed by atoms with E-state index < -0.39 is 0 Å². The van der Waals surface area contributed by atoms with E-state index in [0.717, 1.165) is 25.2 Å². The highest BCUT2D eigenvalue weighted by Crippen LogP contribution is 2.24. The van der Waals surface area contributed by atoms with E-state index in [-0.39, 0.29) is 0 Å². The van der Waals surface area contributed by atoms with Crippen LogP contribution >= 0.6 is 0 Å². The van der Waals surface area contributed by atoms with Gasteiger partial charge >= 0.3 is 0 Å². The van der Waals surface area contributed by atoms with Crippen LogP contribution in [0.25, 0.3) is 0 Å². The fourth-order valence-electron chi connectivity index (χ4n) is 2.54. The van der Waals surface area contributed by atoms with Gasteiger partial charge in [-0.15, -0.1) is 0 Å². The van der Waals surface area contributed by atoms with Crippen molar-refractivity contribution < 1.29 is 4.74 Å². The Hall–Kier alpha value is -1.77. The predicted molar refractivity (Wildman–Crippen MR) is 70.8 cm³/mol. The SMILES string of the molecule is Cc1ccccc1OCC1CCc2nc[nH]c2C1. The molecule has 3 heteroatoms. The fraction of sp³-hybridized carbons (Fsp3) is 0.400. The minimum absolute atomic E-state index is 0.595. The first-order valence-electron chi connectivity index (χ1n) is 6.52. The van der Waals surface area contributed by atoms with Crippen LogP contribution in [-0.4, -0.2) is 16.6 Å². The average molecular weight is 242 g/mol. The second kappa shape index (κ2) is 4.84. The van der Waals surface area contributed by atoms with Crippen LogP contribution in [0.2, 0.25) is 0 Å². The minimum atomic E-state index is 0.595. The van der Waals surface area contributed by atoms with Crippen LogP contribution in [0, 0.1) is 12.8 Å². The van der Waals surface area contributed by atoms with Gasteiger partial charge in [-0.2, -0.15) is 0 Å². The largest absolute Gasteiger partial charge is 0.493 e. The maximum absolute atomic E-state index is 5.93. The number of hydrogen-bond donors (Lipinski definition) is 1. The first-order chi connectivity index (χ1) is 8.83. The topological polar surface area (TPSA) is 37.9 Å². The Balaban J connectivity index is 1.61. The number of hydrogen-bond acceptors (Lipinski definition) is 2. The summed E-state index contributed by atoms with van der Waals surface area (Å²) in [6.07, 6.45) is 5.10. The van der Waals surface area contributed by atoms with Gasteiger partial charge in [-0.25, -0.2) is 4.98 Å². The Morgan fingerprint density at radius 2 is 2.28 bits per heavy atom. The fourth-order valence-corrected chi connectivity index (χ4v) is 2.54. The second-order valence-corrected chi connectivity index (χ2v) is 5.01. The van der Waals surface area contributed by atoms with Gasteiger partial charge in [-0.05, 0) is 43.7 Å². The smallest absolute Gasteiger partial charge is 0.122 e. The lowest BCUT2D eigenvalue weighted by Crippen LogP contribution is -2.20. The molecule has 1 unspecified atom stereocenters. The quantitative estimate of drug-likeness (QED) is 0.898. The summed E-state index contributed by atoms with van der Waals surface area (Å²) in [7, 11) is 0. The van der Waals surface area contributed by atoms with Crippen LogP contribution in [-0.2, 0) is 12.8 Å². The summed E-state index contributed by atoms with van der Waals surface area (Å²) in [6, 6.07) is 8.19. The van der Waals surface area contributed by atoms with Crippen molar-refractivity contribution in [3.8, 4) is 5.75 Å². The Bertz CT molecular complexity index is 533. The number of fused-ring (bicyclic) bond motifs is 1. The van der Waals surface area contributed by atoms with Gasteiger partial charge in [-0.3, -0.25) is 0 Å². The van der Waals surface area contributed by atoms with Crippen molar-refractivity contribution in [1.29, 1.82) is 0 Å². The van der Waals surface area contributed by atoms with Crippen LogP contribution < -0.4 is 4.74 Å². The molecule has 0 amide bonds. The molecule has 3 nitrogen and oxygen atoms in total. The van der Waals surface area contributed by atoms with E-state index in [9.17, 15) is 0 Å². The first-order valence-corrected chi connectivity index (χ1v) is 6.52. The molecule has 0 radical (unpaired) electrons. The molecule has 1 aromatic heterocycles. The molecule has 18 heavy (non-hydrogen) atoms. The number of ether oxygens (including phenoxy) is 1. The Labute approximate surface area is 107 Å². The molecule has 1 aliphatic rings. The maximum Gasteiger partial charge on any atom is 0.122 e. The molecule has 0 fully saturated rings. The zero-order valence-corrected chi connectivity index (χ0v) is 10.6. The molecule has 0 saturated heterocycles. The summed E-state index contributed by atoms with van der Waals surface area (Å²) in [5, 5.41) is 0. The molecular formula is C15H18N2O. The van der Waals surface area contributed by atoms with Crippen molar-refractivity contribution in [3.05, 3.63) is 47.5 Å². The molecule has 3 rings (SSSR count).